The summed E-state index contributed by atoms with van der Waals surface area (Å²) in [6.07, 6.45) is 10.6. The fraction of sp³-hybridized carbons (Fsp3) is 0.400. The van der Waals surface area contributed by atoms with Gasteiger partial charge in [0.25, 0.3) is 0 Å². The summed E-state index contributed by atoms with van der Waals surface area (Å²) >= 11 is 1.77. The van der Waals surface area contributed by atoms with Crippen LogP contribution in [-0.2, 0) is 25.7 Å². The average Bonchev–Trinajstić information content (AvgIpc) is 3.17. The van der Waals surface area contributed by atoms with Gasteiger partial charge in [0, 0.05) is 16.1 Å². The predicted octanol–water partition coefficient (Wildman–Crippen LogP) is 4.63. The smallest absolute Gasteiger partial charge is 0.195 e. The molecule has 24 heavy (non-hydrogen) atoms. The molecule has 2 aliphatic rings. The quantitative estimate of drug-likeness (QED) is 0.639. The molecule has 2 heterocycles. The van der Waals surface area contributed by atoms with Crippen LogP contribution in [0.15, 0.2) is 18.2 Å². The molecule has 0 saturated heterocycles. The molecule has 2 aliphatic carbocycles. The minimum atomic E-state index is 0.736. The van der Waals surface area contributed by atoms with Crippen LogP contribution < -0.4 is 0 Å². The van der Waals surface area contributed by atoms with Crippen LogP contribution in [0, 0.1) is 0 Å². The van der Waals surface area contributed by atoms with E-state index in [2.05, 4.69) is 22.6 Å². The van der Waals surface area contributed by atoms with Gasteiger partial charge in [-0.3, -0.25) is 9.20 Å². The van der Waals surface area contributed by atoms with Crippen LogP contribution >= 0.6 is 11.3 Å². The summed E-state index contributed by atoms with van der Waals surface area (Å²) in [4.78, 5) is 19.2. The molecular weight excluding hydrogens is 316 g/mol. The van der Waals surface area contributed by atoms with Gasteiger partial charge in [-0.05, 0) is 68.6 Å². The summed E-state index contributed by atoms with van der Waals surface area (Å²) < 4.78 is 2.13. The topological polar surface area (TPSA) is 34.4 Å². The molecule has 0 radical (unpaired) electrons. The zero-order chi connectivity index (χ0) is 16.1. The largest absolute Gasteiger partial charge is 0.296 e. The number of thiazole rings is 1. The van der Waals surface area contributed by atoms with Crippen molar-refractivity contribution in [2.75, 3.05) is 0 Å². The van der Waals surface area contributed by atoms with Gasteiger partial charge >= 0.3 is 0 Å². The molecule has 0 fully saturated rings. The van der Waals surface area contributed by atoms with Gasteiger partial charge in [0.2, 0.25) is 0 Å². The van der Waals surface area contributed by atoms with Crippen molar-refractivity contribution in [3.63, 3.8) is 0 Å². The van der Waals surface area contributed by atoms with E-state index in [9.17, 15) is 4.79 Å². The Labute approximate surface area is 145 Å². The highest BCUT2D eigenvalue weighted by molar-refractivity contribution is 7.17. The van der Waals surface area contributed by atoms with Crippen molar-refractivity contribution in [3.8, 4) is 11.3 Å². The van der Waals surface area contributed by atoms with Crippen molar-refractivity contribution in [3.05, 3.63) is 45.6 Å². The van der Waals surface area contributed by atoms with Gasteiger partial charge in [-0.2, -0.15) is 0 Å². The number of carbonyl (C=O) groups is 1. The van der Waals surface area contributed by atoms with E-state index in [1.54, 1.807) is 11.3 Å². The number of aldehydes is 1. The summed E-state index contributed by atoms with van der Waals surface area (Å²) in [5.74, 6) is 0. The highest BCUT2D eigenvalue weighted by Gasteiger charge is 2.23. The molecule has 0 aliphatic heterocycles. The zero-order valence-electron chi connectivity index (χ0n) is 13.7. The third-order valence-corrected chi connectivity index (χ3v) is 6.63. The summed E-state index contributed by atoms with van der Waals surface area (Å²) in [5, 5.41) is 0. The van der Waals surface area contributed by atoms with Gasteiger partial charge in [-0.15, -0.1) is 11.3 Å². The Balaban J connectivity index is 1.69. The van der Waals surface area contributed by atoms with Crippen LogP contribution in [0.3, 0.4) is 0 Å². The fourth-order valence-corrected chi connectivity index (χ4v) is 5.48. The molecular formula is C20H20N2OS. The van der Waals surface area contributed by atoms with E-state index >= 15 is 0 Å². The first-order valence-corrected chi connectivity index (χ1v) is 9.77. The van der Waals surface area contributed by atoms with Gasteiger partial charge < -0.3 is 0 Å². The molecule has 122 valence electrons. The second kappa shape index (κ2) is 5.55. The minimum absolute atomic E-state index is 0.736. The summed E-state index contributed by atoms with van der Waals surface area (Å²) in [5.41, 5.74) is 6.92. The second-order valence-corrected chi connectivity index (χ2v) is 8.01. The van der Waals surface area contributed by atoms with E-state index in [1.807, 2.05) is 0 Å². The molecule has 3 aromatic rings. The number of carbonyl (C=O) groups excluding carboxylic acids is 1. The Hall–Kier alpha value is -1.94. The number of aryl methyl sites for hydroxylation is 4. The van der Waals surface area contributed by atoms with Crippen LogP contribution in [0.25, 0.3) is 16.2 Å². The molecule has 0 bridgehead atoms. The number of rotatable bonds is 2. The van der Waals surface area contributed by atoms with E-state index in [-0.39, 0.29) is 0 Å². The Kier molecular flexibility index (Phi) is 3.33. The zero-order valence-corrected chi connectivity index (χ0v) is 14.5. The third kappa shape index (κ3) is 2.09. The van der Waals surface area contributed by atoms with Gasteiger partial charge in [0.1, 0.15) is 11.4 Å². The average molecular weight is 336 g/mol. The molecule has 0 amide bonds. The van der Waals surface area contributed by atoms with E-state index in [1.165, 1.54) is 53.8 Å². The van der Waals surface area contributed by atoms with Crippen LogP contribution in [0.5, 0.6) is 0 Å². The first kappa shape index (κ1) is 14.4. The van der Waals surface area contributed by atoms with Crippen molar-refractivity contribution in [2.45, 2.75) is 51.4 Å². The molecule has 0 spiro atoms. The number of hydrogen-bond acceptors (Lipinski definition) is 3. The lowest BCUT2D eigenvalue weighted by Crippen LogP contribution is -2.05. The lowest BCUT2D eigenvalue weighted by Gasteiger charge is -2.16. The van der Waals surface area contributed by atoms with Crippen LogP contribution in [0.4, 0.5) is 0 Å². The van der Waals surface area contributed by atoms with Gasteiger partial charge in [-0.25, -0.2) is 4.98 Å². The fourth-order valence-electron chi connectivity index (χ4n) is 4.26. The van der Waals surface area contributed by atoms with Crippen molar-refractivity contribution in [2.24, 2.45) is 0 Å². The summed E-state index contributed by atoms with van der Waals surface area (Å²) in [6.45, 7) is 0. The monoisotopic (exact) mass is 336 g/mol. The van der Waals surface area contributed by atoms with Crippen molar-refractivity contribution in [1.29, 1.82) is 0 Å². The molecule has 0 saturated carbocycles. The van der Waals surface area contributed by atoms with E-state index < -0.39 is 0 Å². The maximum absolute atomic E-state index is 11.9. The minimum Gasteiger partial charge on any atom is -0.296 e. The lowest BCUT2D eigenvalue weighted by atomic mass is 9.90. The molecule has 1 aromatic carbocycles. The molecule has 0 atom stereocenters. The highest BCUT2D eigenvalue weighted by atomic mass is 32.1. The number of benzene rings is 1. The number of imidazole rings is 1. The molecule has 5 rings (SSSR count). The Morgan fingerprint density at radius 1 is 1.00 bits per heavy atom. The SMILES string of the molecule is O=Cc1c(-c2ccc3c(c2)CCCC3)nc2sc3c(n12)CCCC3. The standard InChI is InChI=1S/C20H20N2OS/c23-12-17-19(15-10-9-13-5-1-2-6-14(13)11-15)21-20-22(17)16-7-3-4-8-18(16)24-20/h9-12H,1-8H2. The van der Waals surface area contributed by atoms with E-state index in [0.717, 1.165) is 47.5 Å². The van der Waals surface area contributed by atoms with Crippen molar-refractivity contribution >= 4 is 22.6 Å². The van der Waals surface area contributed by atoms with Gasteiger partial charge in [0.05, 0.1) is 0 Å². The molecule has 3 nitrogen and oxygen atoms in total. The van der Waals surface area contributed by atoms with Gasteiger partial charge in [-0.1, -0.05) is 12.1 Å². The normalized spacial score (nSPS) is 16.8. The number of aromatic nitrogens is 2. The molecule has 0 unspecified atom stereocenters. The Bertz CT molecular complexity index is 950. The lowest BCUT2D eigenvalue weighted by molar-refractivity contribution is 0.111. The van der Waals surface area contributed by atoms with Gasteiger partial charge in [0.15, 0.2) is 11.2 Å². The summed E-state index contributed by atoms with van der Waals surface area (Å²) in [6, 6.07) is 6.65. The Morgan fingerprint density at radius 3 is 2.67 bits per heavy atom. The van der Waals surface area contributed by atoms with Crippen molar-refractivity contribution < 1.29 is 4.79 Å². The van der Waals surface area contributed by atoms with E-state index in [4.69, 9.17) is 4.98 Å². The predicted molar refractivity (Wildman–Crippen MR) is 97.2 cm³/mol. The van der Waals surface area contributed by atoms with Crippen LogP contribution in [0.1, 0.15) is 57.9 Å². The highest BCUT2D eigenvalue weighted by Crippen LogP contribution is 2.35. The van der Waals surface area contributed by atoms with Crippen LogP contribution in [-0.4, -0.2) is 15.7 Å². The van der Waals surface area contributed by atoms with Crippen molar-refractivity contribution in [1.82, 2.24) is 9.38 Å². The molecule has 4 heteroatoms. The van der Waals surface area contributed by atoms with Crippen LogP contribution in [0.2, 0.25) is 0 Å². The number of hydrogen-bond donors (Lipinski definition) is 0. The Morgan fingerprint density at radius 2 is 1.79 bits per heavy atom. The maximum Gasteiger partial charge on any atom is 0.195 e. The number of fused-ring (bicyclic) bond motifs is 4. The second-order valence-electron chi connectivity index (χ2n) is 6.95. The third-order valence-electron chi connectivity index (χ3n) is 5.49. The maximum atomic E-state index is 11.9. The number of nitrogens with zero attached hydrogens (tertiary/aromatic N) is 2. The van der Waals surface area contributed by atoms with E-state index in [0.29, 0.717) is 0 Å². The first-order chi connectivity index (χ1) is 11.8. The summed E-state index contributed by atoms with van der Waals surface area (Å²) in [7, 11) is 0. The first-order valence-electron chi connectivity index (χ1n) is 8.95. The molecule has 2 aromatic heterocycles. The molecule has 0 N–H and O–H groups in total.